The molecule has 3 aliphatic rings. The van der Waals surface area contributed by atoms with Crippen molar-refractivity contribution < 1.29 is 0 Å². The normalized spacial score (nSPS) is 21.5. The van der Waals surface area contributed by atoms with Gasteiger partial charge in [0.25, 0.3) is 0 Å². The van der Waals surface area contributed by atoms with Crippen LogP contribution in [0.4, 0.5) is 17.3 Å². The molecule has 1 aromatic carbocycles. The number of anilines is 3. The summed E-state index contributed by atoms with van der Waals surface area (Å²) >= 11 is 13.1. The maximum Gasteiger partial charge on any atom is 0.227 e. The van der Waals surface area contributed by atoms with E-state index in [4.69, 9.17) is 28.2 Å². The van der Waals surface area contributed by atoms with Crippen LogP contribution in [0.5, 0.6) is 0 Å². The molecule has 9 heteroatoms. The molecule has 2 saturated heterocycles. The van der Waals surface area contributed by atoms with E-state index in [0.717, 1.165) is 53.2 Å². The SMILES string of the molecule is CN1CC2(C1)CN(c1cc3nc(Nc4cnn(C5(C)CC5)c4Cl)ncc3cc1Cl)C2. The molecule has 0 atom stereocenters. The van der Waals surface area contributed by atoms with E-state index in [9.17, 15) is 0 Å². The van der Waals surface area contributed by atoms with E-state index in [1.54, 1.807) is 12.4 Å². The highest BCUT2D eigenvalue weighted by molar-refractivity contribution is 6.34. The van der Waals surface area contributed by atoms with E-state index < -0.39 is 0 Å². The topological polar surface area (TPSA) is 62.1 Å². The number of likely N-dealkylation sites (tertiary alicyclic amines) is 1. The number of halogens is 2. The second-order valence-electron chi connectivity index (χ2n) is 9.47. The molecule has 0 bridgehead atoms. The Hall–Kier alpha value is -2.09. The highest BCUT2D eigenvalue weighted by atomic mass is 35.5. The molecule has 156 valence electrons. The molecule has 3 aromatic rings. The van der Waals surface area contributed by atoms with Crippen LogP contribution >= 0.6 is 23.2 Å². The summed E-state index contributed by atoms with van der Waals surface area (Å²) in [6, 6.07) is 4.02. The number of hydrogen-bond donors (Lipinski definition) is 1. The standard InChI is InChI=1S/C21H23Cl2N7/c1-20(3-4-20)30-18(23)16(8-25-30)27-19-24-7-13-5-14(22)17(6-15(13)26-19)29-11-21(12-29)9-28(2)10-21/h5-8H,3-4,9-12H2,1-2H3,(H,24,26,27). The molecule has 0 unspecified atom stereocenters. The summed E-state index contributed by atoms with van der Waals surface area (Å²) in [6.45, 7) is 6.59. The maximum absolute atomic E-state index is 6.58. The molecule has 4 heterocycles. The van der Waals surface area contributed by atoms with Gasteiger partial charge in [-0.15, -0.1) is 0 Å². The number of fused-ring (bicyclic) bond motifs is 1. The first-order valence-corrected chi connectivity index (χ1v) is 11.0. The minimum atomic E-state index is 0.0384. The van der Waals surface area contributed by atoms with E-state index in [-0.39, 0.29) is 5.54 Å². The van der Waals surface area contributed by atoms with Crippen LogP contribution in [0.3, 0.4) is 0 Å². The third kappa shape index (κ3) is 2.87. The van der Waals surface area contributed by atoms with E-state index in [1.165, 1.54) is 13.1 Å². The zero-order valence-electron chi connectivity index (χ0n) is 17.0. The third-order valence-corrected chi connectivity index (χ3v) is 7.36. The van der Waals surface area contributed by atoms with Gasteiger partial charge in [0, 0.05) is 43.2 Å². The maximum atomic E-state index is 6.58. The van der Waals surface area contributed by atoms with Crippen molar-refractivity contribution in [2.75, 3.05) is 43.4 Å². The van der Waals surface area contributed by atoms with E-state index >= 15 is 0 Å². The van der Waals surface area contributed by atoms with Gasteiger partial charge in [0.1, 0.15) is 0 Å². The highest BCUT2D eigenvalue weighted by Crippen LogP contribution is 2.46. The van der Waals surface area contributed by atoms with E-state index in [2.05, 4.69) is 45.2 Å². The molecule has 7 nitrogen and oxygen atoms in total. The van der Waals surface area contributed by atoms with Crippen molar-refractivity contribution in [1.82, 2.24) is 24.6 Å². The molecule has 1 saturated carbocycles. The first kappa shape index (κ1) is 18.7. The fourth-order valence-electron chi connectivity index (χ4n) is 4.88. The van der Waals surface area contributed by atoms with Crippen molar-refractivity contribution in [3.63, 3.8) is 0 Å². The van der Waals surface area contributed by atoms with E-state index in [0.29, 0.717) is 16.5 Å². The molecule has 2 aliphatic heterocycles. The van der Waals surface area contributed by atoms with Gasteiger partial charge < -0.3 is 15.1 Å². The van der Waals surface area contributed by atoms with Gasteiger partial charge in [-0.05, 0) is 38.9 Å². The molecular formula is C21H23Cl2N7. The van der Waals surface area contributed by atoms with Crippen LogP contribution in [0, 0.1) is 5.41 Å². The number of aromatic nitrogens is 4. The minimum Gasteiger partial charge on any atom is -0.369 e. The largest absolute Gasteiger partial charge is 0.369 e. The fourth-order valence-corrected chi connectivity index (χ4v) is 5.52. The average molecular weight is 444 g/mol. The minimum absolute atomic E-state index is 0.0384. The Labute approximate surface area is 185 Å². The predicted octanol–water partition coefficient (Wildman–Crippen LogP) is 4.14. The van der Waals surface area contributed by atoms with E-state index in [1.807, 2.05) is 10.7 Å². The van der Waals surface area contributed by atoms with Crippen LogP contribution in [0.15, 0.2) is 24.5 Å². The molecule has 1 spiro atoms. The first-order chi connectivity index (χ1) is 14.3. The van der Waals surface area contributed by atoms with Gasteiger partial charge >= 0.3 is 0 Å². The second kappa shape index (κ2) is 6.22. The van der Waals surface area contributed by atoms with Gasteiger partial charge in [0.2, 0.25) is 5.95 Å². The summed E-state index contributed by atoms with van der Waals surface area (Å²) in [5.74, 6) is 0.499. The van der Waals surface area contributed by atoms with Crippen molar-refractivity contribution in [1.29, 1.82) is 0 Å². The Morgan fingerprint density at radius 3 is 2.53 bits per heavy atom. The van der Waals surface area contributed by atoms with Crippen molar-refractivity contribution in [2.45, 2.75) is 25.3 Å². The van der Waals surface area contributed by atoms with Crippen LogP contribution in [0.1, 0.15) is 19.8 Å². The lowest BCUT2D eigenvalue weighted by atomic mass is 9.73. The second-order valence-corrected chi connectivity index (χ2v) is 10.2. The summed E-state index contributed by atoms with van der Waals surface area (Å²) in [4.78, 5) is 13.9. The Bertz CT molecular complexity index is 1160. The molecular weight excluding hydrogens is 421 g/mol. The third-order valence-electron chi connectivity index (χ3n) is 6.69. The Morgan fingerprint density at radius 1 is 1.07 bits per heavy atom. The fraction of sp³-hybridized carbons (Fsp3) is 0.476. The lowest BCUT2D eigenvalue weighted by Gasteiger charge is -2.60. The zero-order chi connectivity index (χ0) is 20.7. The van der Waals surface area contributed by atoms with Crippen molar-refractivity contribution in [3.8, 4) is 0 Å². The summed E-state index contributed by atoms with van der Waals surface area (Å²) < 4.78 is 1.88. The van der Waals surface area contributed by atoms with Gasteiger partial charge in [-0.25, -0.2) is 14.6 Å². The monoisotopic (exact) mass is 443 g/mol. The highest BCUT2D eigenvalue weighted by Gasteiger charge is 2.50. The number of nitrogens with zero attached hydrogens (tertiary/aromatic N) is 6. The summed E-state index contributed by atoms with van der Waals surface area (Å²) in [5.41, 5.74) is 3.10. The lowest BCUT2D eigenvalue weighted by molar-refractivity contribution is -0.00236. The Kier molecular flexibility index (Phi) is 3.87. The summed E-state index contributed by atoms with van der Waals surface area (Å²) in [7, 11) is 2.17. The van der Waals surface area contributed by atoms with Crippen LogP contribution in [-0.4, -0.2) is 57.9 Å². The van der Waals surface area contributed by atoms with Crippen LogP contribution in [0.2, 0.25) is 10.2 Å². The number of rotatable bonds is 4. The average Bonchev–Trinajstić information content (AvgIpc) is 3.29. The van der Waals surface area contributed by atoms with Gasteiger partial charge in [0.15, 0.2) is 5.15 Å². The van der Waals surface area contributed by atoms with Crippen molar-refractivity contribution in [3.05, 3.63) is 34.7 Å². The quantitative estimate of drug-likeness (QED) is 0.653. The lowest BCUT2D eigenvalue weighted by Crippen LogP contribution is -2.71. The van der Waals surface area contributed by atoms with Crippen LogP contribution < -0.4 is 10.2 Å². The molecule has 0 amide bonds. The molecule has 0 radical (unpaired) electrons. The molecule has 6 rings (SSSR count). The first-order valence-electron chi connectivity index (χ1n) is 10.3. The number of nitrogens with one attached hydrogen (secondary N) is 1. The Morgan fingerprint density at radius 2 is 1.83 bits per heavy atom. The smallest absolute Gasteiger partial charge is 0.227 e. The van der Waals surface area contributed by atoms with Gasteiger partial charge in [-0.2, -0.15) is 5.10 Å². The number of hydrogen-bond acceptors (Lipinski definition) is 6. The van der Waals surface area contributed by atoms with Crippen LogP contribution in [0.25, 0.3) is 10.9 Å². The van der Waals surface area contributed by atoms with Crippen LogP contribution in [-0.2, 0) is 5.54 Å². The van der Waals surface area contributed by atoms with Crippen molar-refractivity contribution in [2.24, 2.45) is 5.41 Å². The van der Waals surface area contributed by atoms with Gasteiger partial charge in [0.05, 0.1) is 33.6 Å². The summed E-state index contributed by atoms with van der Waals surface area (Å²) in [6.07, 6.45) is 5.72. The predicted molar refractivity (Wildman–Crippen MR) is 120 cm³/mol. The summed E-state index contributed by atoms with van der Waals surface area (Å²) in [5, 5.41) is 9.92. The van der Waals surface area contributed by atoms with Gasteiger partial charge in [-0.3, -0.25) is 0 Å². The molecule has 30 heavy (non-hydrogen) atoms. The zero-order valence-corrected chi connectivity index (χ0v) is 18.5. The molecule has 2 aromatic heterocycles. The van der Waals surface area contributed by atoms with Crippen molar-refractivity contribution >= 4 is 51.4 Å². The Balaban J connectivity index is 1.26. The number of benzene rings is 1. The molecule has 3 fully saturated rings. The molecule has 1 aliphatic carbocycles. The van der Waals surface area contributed by atoms with Gasteiger partial charge in [-0.1, -0.05) is 23.2 Å². The molecule has 1 N–H and O–H groups in total.